The van der Waals surface area contributed by atoms with E-state index in [2.05, 4.69) is 0 Å². The number of thioether (sulfide) groups is 1. The van der Waals surface area contributed by atoms with E-state index >= 15 is 0 Å². The van der Waals surface area contributed by atoms with Crippen LogP contribution in [0.15, 0.2) is 24.3 Å². The molecule has 1 aliphatic heterocycles. The number of aliphatic carboxylic acids is 1. The molecule has 1 aliphatic rings. The van der Waals surface area contributed by atoms with Gasteiger partial charge in [-0.3, -0.25) is 4.79 Å². The number of rotatable bonds is 2. The lowest BCUT2D eigenvalue weighted by atomic mass is 10.2. The van der Waals surface area contributed by atoms with Gasteiger partial charge in [0.05, 0.1) is 5.88 Å². The summed E-state index contributed by atoms with van der Waals surface area (Å²) >= 11 is 7.17. The van der Waals surface area contributed by atoms with Crippen molar-refractivity contribution in [1.29, 1.82) is 0 Å². The van der Waals surface area contributed by atoms with Crippen LogP contribution >= 0.6 is 23.4 Å². The lowest BCUT2D eigenvalue weighted by molar-refractivity contribution is -0.140. The van der Waals surface area contributed by atoms with Crippen molar-refractivity contribution in [3.8, 4) is 0 Å². The summed E-state index contributed by atoms with van der Waals surface area (Å²) in [6.45, 7) is 0. The summed E-state index contributed by atoms with van der Waals surface area (Å²) in [5.41, 5.74) is 0.461. The second-order valence-corrected chi connectivity index (χ2v) is 5.07. The number of carboxylic acids is 1. The van der Waals surface area contributed by atoms with Gasteiger partial charge in [-0.15, -0.1) is 11.8 Å². The Morgan fingerprint density at radius 1 is 1.35 bits per heavy atom. The van der Waals surface area contributed by atoms with Gasteiger partial charge in [-0.05, 0) is 24.3 Å². The molecule has 0 aliphatic carbocycles. The Balaban J connectivity index is 2.19. The van der Waals surface area contributed by atoms with Gasteiger partial charge in [0.2, 0.25) is 0 Å². The minimum atomic E-state index is -0.961. The summed E-state index contributed by atoms with van der Waals surface area (Å²) < 4.78 is 0. The van der Waals surface area contributed by atoms with Crippen molar-refractivity contribution in [3.63, 3.8) is 0 Å². The average molecular weight is 272 g/mol. The predicted molar refractivity (Wildman–Crippen MR) is 66.4 cm³/mol. The highest BCUT2D eigenvalue weighted by Crippen LogP contribution is 2.23. The SMILES string of the molecule is O=C(O)[C@H]1CSCN1C(=O)c1ccc(Cl)cc1. The van der Waals surface area contributed by atoms with Crippen LogP contribution in [0.3, 0.4) is 0 Å². The number of nitrogens with zero attached hydrogens (tertiary/aromatic N) is 1. The van der Waals surface area contributed by atoms with Gasteiger partial charge < -0.3 is 10.0 Å². The fourth-order valence-corrected chi connectivity index (χ4v) is 2.88. The second kappa shape index (κ2) is 4.98. The number of carbonyl (C=O) groups excluding carboxylic acids is 1. The minimum Gasteiger partial charge on any atom is -0.480 e. The minimum absolute atomic E-state index is 0.265. The zero-order chi connectivity index (χ0) is 12.4. The third-order valence-corrected chi connectivity index (χ3v) is 3.78. The molecule has 1 amide bonds. The molecule has 17 heavy (non-hydrogen) atoms. The van der Waals surface area contributed by atoms with Crippen molar-refractivity contribution in [2.45, 2.75) is 6.04 Å². The Kier molecular flexibility index (Phi) is 3.59. The number of carboxylic acid groups (broad SMARTS) is 1. The fourth-order valence-electron chi connectivity index (χ4n) is 1.61. The molecule has 1 atom stereocenters. The van der Waals surface area contributed by atoms with Gasteiger partial charge in [0.25, 0.3) is 5.91 Å². The van der Waals surface area contributed by atoms with Crippen LogP contribution in [0.4, 0.5) is 0 Å². The molecule has 1 saturated heterocycles. The smallest absolute Gasteiger partial charge is 0.327 e. The summed E-state index contributed by atoms with van der Waals surface area (Å²) in [7, 11) is 0. The third-order valence-electron chi connectivity index (χ3n) is 2.52. The van der Waals surface area contributed by atoms with Crippen molar-refractivity contribution in [2.75, 3.05) is 11.6 Å². The van der Waals surface area contributed by atoms with Crippen molar-refractivity contribution >= 4 is 35.2 Å². The van der Waals surface area contributed by atoms with E-state index < -0.39 is 12.0 Å². The third kappa shape index (κ3) is 2.56. The Bertz CT molecular complexity index is 449. The number of hydrogen-bond acceptors (Lipinski definition) is 3. The zero-order valence-corrected chi connectivity index (χ0v) is 10.4. The normalized spacial score (nSPS) is 19.4. The molecule has 2 rings (SSSR count). The highest BCUT2D eigenvalue weighted by molar-refractivity contribution is 7.99. The first-order valence-electron chi connectivity index (χ1n) is 4.96. The van der Waals surface area contributed by atoms with E-state index in [1.807, 2.05) is 0 Å². The molecule has 1 aromatic rings. The Morgan fingerprint density at radius 3 is 2.59 bits per heavy atom. The number of carbonyl (C=O) groups is 2. The van der Waals surface area contributed by atoms with Gasteiger partial charge in [0.1, 0.15) is 6.04 Å². The van der Waals surface area contributed by atoms with Crippen LogP contribution in [0.2, 0.25) is 5.02 Å². The monoisotopic (exact) mass is 271 g/mol. The van der Waals surface area contributed by atoms with Crippen LogP contribution in [0.5, 0.6) is 0 Å². The summed E-state index contributed by atoms with van der Waals surface area (Å²) in [6, 6.07) is 5.71. The molecule has 0 saturated carbocycles. The fraction of sp³-hybridized carbons (Fsp3) is 0.273. The first-order valence-corrected chi connectivity index (χ1v) is 6.50. The molecule has 1 fully saturated rings. The molecule has 0 radical (unpaired) electrons. The zero-order valence-electron chi connectivity index (χ0n) is 8.80. The van der Waals surface area contributed by atoms with Gasteiger partial charge in [-0.2, -0.15) is 0 Å². The van der Waals surface area contributed by atoms with Gasteiger partial charge in [0, 0.05) is 16.3 Å². The number of amides is 1. The summed E-state index contributed by atoms with van der Waals surface area (Å²) in [5, 5.41) is 9.54. The van der Waals surface area contributed by atoms with E-state index in [0.717, 1.165) is 0 Å². The van der Waals surface area contributed by atoms with Crippen LogP contribution in [-0.2, 0) is 4.79 Å². The summed E-state index contributed by atoms with van der Waals surface area (Å²) in [6.07, 6.45) is 0. The molecule has 0 aromatic heterocycles. The van der Waals surface area contributed by atoms with E-state index in [9.17, 15) is 9.59 Å². The van der Waals surface area contributed by atoms with Crippen LogP contribution in [0.25, 0.3) is 0 Å². The van der Waals surface area contributed by atoms with Gasteiger partial charge in [-0.1, -0.05) is 11.6 Å². The molecule has 1 aromatic carbocycles. The molecular formula is C11H10ClNO3S. The van der Waals surface area contributed by atoms with Crippen LogP contribution < -0.4 is 0 Å². The predicted octanol–water partition coefficient (Wildman–Crippen LogP) is 1.94. The topological polar surface area (TPSA) is 57.6 Å². The van der Waals surface area contributed by atoms with E-state index in [1.54, 1.807) is 24.3 Å². The van der Waals surface area contributed by atoms with Crippen molar-refractivity contribution in [2.24, 2.45) is 0 Å². The first-order chi connectivity index (χ1) is 8.09. The number of hydrogen-bond donors (Lipinski definition) is 1. The van der Waals surface area contributed by atoms with Crippen LogP contribution in [0, 0.1) is 0 Å². The number of benzene rings is 1. The lowest BCUT2D eigenvalue weighted by Crippen LogP contribution is -2.41. The Hall–Kier alpha value is -1.20. The molecule has 0 unspecified atom stereocenters. The summed E-state index contributed by atoms with van der Waals surface area (Å²) in [5.74, 6) is -0.371. The Morgan fingerprint density at radius 2 is 2.00 bits per heavy atom. The average Bonchev–Trinajstić information content (AvgIpc) is 2.78. The lowest BCUT2D eigenvalue weighted by Gasteiger charge is -2.20. The van der Waals surface area contributed by atoms with Crippen LogP contribution in [0.1, 0.15) is 10.4 Å². The second-order valence-electron chi connectivity index (χ2n) is 3.64. The molecule has 1 N–H and O–H groups in total. The molecule has 6 heteroatoms. The molecule has 90 valence electrons. The molecule has 0 spiro atoms. The standard InChI is InChI=1S/C11H10ClNO3S/c12-8-3-1-7(2-4-8)10(14)13-6-17-5-9(13)11(15)16/h1-4,9H,5-6H2,(H,15,16)/t9-/m1/s1. The van der Waals surface area contributed by atoms with E-state index in [-0.39, 0.29) is 5.91 Å². The maximum Gasteiger partial charge on any atom is 0.327 e. The van der Waals surface area contributed by atoms with E-state index in [0.29, 0.717) is 22.2 Å². The van der Waals surface area contributed by atoms with Gasteiger partial charge in [-0.25, -0.2) is 4.79 Å². The Labute approximate surface area is 108 Å². The quantitative estimate of drug-likeness (QED) is 0.893. The number of halogens is 1. The summed E-state index contributed by atoms with van der Waals surface area (Å²) in [4.78, 5) is 24.4. The molecule has 4 nitrogen and oxygen atoms in total. The highest BCUT2D eigenvalue weighted by Gasteiger charge is 2.34. The molecular weight excluding hydrogens is 262 g/mol. The van der Waals surface area contributed by atoms with Crippen LogP contribution in [-0.4, -0.2) is 39.6 Å². The van der Waals surface area contributed by atoms with Gasteiger partial charge >= 0.3 is 5.97 Å². The highest BCUT2D eigenvalue weighted by atomic mass is 35.5. The van der Waals surface area contributed by atoms with Crippen molar-refractivity contribution < 1.29 is 14.7 Å². The largest absolute Gasteiger partial charge is 0.480 e. The van der Waals surface area contributed by atoms with E-state index in [4.69, 9.17) is 16.7 Å². The van der Waals surface area contributed by atoms with Gasteiger partial charge in [0.15, 0.2) is 0 Å². The molecule has 0 bridgehead atoms. The van der Waals surface area contributed by atoms with E-state index in [1.165, 1.54) is 16.7 Å². The molecule has 1 heterocycles. The van der Waals surface area contributed by atoms with Crippen molar-refractivity contribution in [3.05, 3.63) is 34.9 Å². The maximum absolute atomic E-state index is 12.1. The van der Waals surface area contributed by atoms with Crippen molar-refractivity contribution in [1.82, 2.24) is 4.90 Å². The first kappa shape index (κ1) is 12.3. The maximum atomic E-state index is 12.1.